The maximum atomic E-state index is 11.9. The summed E-state index contributed by atoms with van der Waals surface area (Å²) in [5.41, 5.74) is 2.25. The molecule has 1 aromatic carbocycles. The highest BCUT2D eigenvalue weighted by Gasteiger charge is 2.72. The second kappa shape index (κ2) is 10.2. The van der Waals surface area contributed by atoms with Crippen molar-refractivity contribution >= 4 is 22.3 Å². The van der Waals surface area contributed by atoms with Crippen molar-refractivity contribution in [3.63, 3.8) is 0 Å². The van der Waals surface area contributed by atoms with Gasteiger partial charge in [-0.05, 0) is 37.3 Å². The van der Waals surface area contributed by atoms with Crippen LogP contribution in [0.5, 0.6) is 0 Å². The number of hydrogen-bond donors (Lipinski definition) is 2. The first-order valence-electron chi connectivity index (χ1n) is 12.9. The van der Waals surface area contributed by atoms with Crippen LogP contribution in [-0.2, 0) is 21.3 Å². The Morgan fingerprint density at radius 1 is 1.25 bits per heavy atom. The van der Waals surface area contributed by atoms with Crippen molar-refractivity contribution in [3.05, 3.63) is 60.0 Å². The molecule has 7 rings (SSSR count). The number of aromatic nitrogens is 3. The van der Waals surface area contributed by atoms with Crippen molar-refractivity contribution in [1.29, 1.82) is 0 Å². The van der Waals surface area contributed by atoms with Crippen molar-refractivity contribution in [2.75, 3.05) is 43.5 Å². The molecule has 1 aliphatic carbocycles. The number of aliphatic hydroxyl groups is 1. The van der Waals surface area contributed by atoms with Crippen LogP contribution in [0.2, 0.25) is 0 Å². The Balaban J connectivity index is 0.000000391. The van der Waals surface area contributed by atoms with E-state index in [1.807, 2.05) is 47.8 Å². The van der Waals surface area contributed by atoms with E-state index in [9.17, 15) is 9.32 Å². The third kappa shape index (κ3) is 4.47. The molecule has 2 aromatic heterocycles. The van der Waals surface area contributed by atoms with Crippen LogP contribution in [0.25, 0.3) is 5.65 Å². The summed E-state index contributed by atoms with van der Waals surface area (Å²) in [7, 11) is -1.05. The molecule has 3 aliphatic heterocycles. The lowest BCUT2D eigenvalue weighted by atomic mass is 9.54. The molecule has 5 atom stereocenters. The number of nitrogens with one attached hydrogen (secondary N) is 1. The van der Waals surface area contributed by atoms with Gasteiger partial charge in [0.2, 0.25) is 0 Å². The van der Waals surface area contributed by atoms with Crippen LogP contribution < -0.4 is 9.62 Å². The smallest absolute Gasteiger partial charge is 0.183 e. The lowest BCUT2D eigenvalue weighted by molar-refractivity contribution is -0.113. The Kier molecular flexibility index (Phi) is 7.18. The van der Waals surface area contributed by atoms with Crippen LogP contribution in [0.4, 0.5) is 5.69 Å². The van der Waals surface area contributed by atoms with Gasteiger partial charge in [0.15, 0.2) is 11.5 Å². The molecule has 0 radical (unpaired) electrons. The number of rotatable bonds is 7. The van der Waals surface area contributed by atoms with E-state index >= 15 is 0 Å². The second-order valence-corrected chi connectivity index (χ2v) is 12.0. The maximum absolute atomic E-state index is 11.9. The number of fused-ring (bicyclic) bond motifs is 2. The van der Waals surface area contributed by atoms with Gasteiger partial charge >= 0.3 is 0 Å². The van der Waals surface area contributed by atoms with Gasteiger partial charge in [-0.1, -0.05) is 50.2 Å². The van der Waals surface area contributed by atoms with E-state index in [0.717, 1.165) is 30.7 Å². The molecule has 5 heterocycles. The molecule has 3 saturated heterocycles. The van der Waals surface area contributed by atoms with Crippen LogP contribution in [-0.4, -0.2) is 62.5 Å². The Labute approximate surface area is 215 Å². The molecule has 4 fully saturated rings. The van der Waals surface area contributed by atoms with Gasteiger partial charge in [-0.3, -0.25) is 0 Å². The van der Waals surface area contributed by atoms with E-state index < -0.39 is 16.6 Å². The van der Waals surface area contributed by atoms with Gasteiger partial charge in [0, 0.05) is 43.3 Å². The van der Waals surface area contributed by atoms with Gasteiger partial charge in [-0.25, -0.2) is 18.4 Å². The topological polar surface area (TPSA) is 92.0 Å². The number of benzene rings is 1. The summed E-state index contributed by atoms with van der Waals surface area (Å²) in [5.74, 6) is 1.84. The number of aryl methyl sites for hydroxylation is 1. The van der Waals surface area contributed by atoms with Crippen molar-refractivity contribution in [1.82, 2.24) is 19.3 Å². The fraction of sp³-hybridized carbons (Fsp3) is 0.556. The minimum atomic E-state index is -1.05. The van der Waals surface area contributed by atoms with Gasteiger partial charge in [-0.2, -0.15) is 0 Å². The highest BCUT2D eigenvalue weighted by Crippen LogP contribution is 2.66. The predicted octanol–water partition coefficient (Wildman–Crippen LogP) is 3.07. The van der Waals surface area contributed by atoms with Crippen molar-refractivity contribution < 1.29 is 14.1 Å². The quantitative estimate of drug-likeness (QED) is 0.507. The summed E-state index contributed by atoms with van der Waals surface area (Å²) in [6.45, 7) is 9.50. The van der Waals surface area contributed by atoms with E-state index in [-0.39, 0.29) is 17.9 Å². The Bertz CT molecular complexity index is 1190. The predicted molar refractivity (Wildman–Crippen MR) is 142 cm³/mol. The van der Waals surface area contributed by atoms with E-state index in [1.165, 1.54) is 12.1 Å². The van der Waals surface area contributed by atoms with E-state index in [2.05, 4.69) is 35.7 Å². The number of ether oxygens (including phenoxy) is 1. The van der Waals surface area contributed by atoms with Gasteiger partial charge in [-0.15, -0.1) is 5.10 Å². The number of anilines is 1. The standard InChI is InChI=1S/C21H31N5O3S.C6H6/c1-4-30(28)22-12-20-11-21(29-13-20,17(20)10-27)19-23-18-15(3)7-16(9-26(18)24-19)25-6-5-14(2)8-25;1-2-4-6-5-3-1/h7,9,14,17,22,27H,4-6,8,10-13H2,1-3H3;1-6H. The molecule has 1 saturated carbocycles. The summed E-state index contributed by atoms with van der Waals surface area (Å²) in [4.78, 5) is 7.25. The molecule has 2 N–H and O–H groups in total. The Morgan fingerprint density at radius 2 is 1.97 bits per heavy atom. The van der Waals surface area contributed by atoms with Crippen LogP contribution >= 0.6 is 0 Å². The highest BCUT2D eigenvalue weighted by molar-refractivity contribution is 7.82. The minimum absolute atomic E-state index is 0.00584. The van der Waals surface area contributed by atoms with Gasteiger partial charge < -0.3 is 14.7 Å². The summed E-state index contributed by atoms with van der Waals surface area (Å²) < 4.78 is 23.1. The van der Waals surface area contributed by atoms with Gasteiger partial charge in [0.25, 0.3) is 0 Å². The van der Waals surface area contributed by atoms with Gasteiger partial charge in [0.1, 0.15) is 5.60 Å². The summed E-state index contributed by atoms with van der Waals surface area (Å²) in [5, 5.41) is 15.0. The molecule has 5 unspecified atom stereocenters. The summed E-state index contributed by atoms with van der Waals surface area (Å²) in [6, 6.07) is 14.2. The van der Waals surface area contributed by atoms with Gasteiger partial charge in [0.05, 0.1) is 29.5 Å². The Morgan fingerprint density at radius 3 is 2.58 bits per heavy atom. The molecule has 8 nitrogen and oxygen atoms in total. The van der Waals surface area contributed by atoms with E-state index in [1.54, 1.807) is 0 Å². The Hall–Kier alpha value is -2.33. The minimum Gasteiger partial charge on any atom is -0.396 e. The zero-order valence-corrected chi connectivity index (χ0v) is 22.2. The van der Waals surface area contributed by atoms with Crippen LogP contribution in [0, 0.1) is 24.2 Å². The molecular weight excluding hydrogens is 474 g/mol. The lowest BCUT2D eigenvalue weighted by Gasteiger charge is -2.50. The first-order chi connectivity index (χ1) is 17.4. The molecular formula is C27H37N5O3S. The zero-order chi connectivity index (χ0) is 25.3. The molecule has 4 aliphatic rings. The summed E-state index contributed by atoms with van der Waals surface area (Å²) in [6.07, 6.45) is 4.02. The normalized spacial score (nSPS) is 29.6. The molecule has 194 valence electrons. The second-order valence-electron chi connectivity index (χ2n) is 10.5. The fourth-order valence-electron chi connectivity index (χ4n) is 5.95. The maximum Gasteiger partial charge on any atom is 0.183 e. The number of pyridine rings is 1. The number of aliphatic hydroxyl groups excluding tert-OH is 1. The van der Waals surface area contributed by atoms with Crippen LogP contribution in [0.1, 0.15) is 38.1 Å². The van der Waals surface area contributed by atoms with Crippen molar-refractivity contribution in [2.24, 2.45) is 17.3 Å². The zero-order valence-electron chi connectivity index (χ0n) is 21.4. The highest BCUT2D eigenvalue weighted by atomic mass is 32.2. The molecule has 2 bridgehead atoms. The largest absolute Gasteiger partial charge is 0.396 e. The third-order valence-electron chi connectivity index (χ3n) is 8.00. The van der Waals surface area contributed by atoms with Crippen LogP contribution in [0.3, 0.4) is 0 Å². The fourth-order valence-corrected chi connectivity index (χ4v) is 6.60. The van der Waals surface area contributed by atoms with Crippen molar-refractivity contribution in [3.8, 4) is 0 Å². The number of hydrogen-bond acceptors (Lipinski definition) is 6. The third-order valence-corrected chi connectivity index (χ3v) is 8.99. The molecule has 36 heavy (non-hydrogen) atoms. The number of nitrogens with zero attached hydrogens (tertiary/aromatic N) is 4. The average molecular weight is 512 g/mol. The van der Waals surface area contributed by atoms with Crippen molar-refractivity contribution in [2.45, 2.75) is 39.2 Å². The molecule has 3 aromatic rings. The average Bonchev–Trinajstić information content (AvgIpc) is 3.66. The first-order valence-corrected chi connectivity index (χ1v) is 14.2. The lowest BCUT2D eigenvalue weighted by Crippen LogP contribution is -2.58. The van der Waals surface area contributed by atoms with E-state index in [0.29, 0.717) is 30.6 Å². The monoisotopic (exact) mass is 511 g/mol. The molecule has 0 spiro atoms. The SMILES string of the molecule is CCS(=O)NCC12COC(c3nc4c(C)cc(N5CCC(C)C5)cn4n3)(C1)C2CO.c1ccccc1. The molecule has 9 heteroatoms. The van der Waals surface area contributed by atoms with E-state index in [4.69, 9.17) is 14.8 Å². The summed E-state index contributed by atoms with van der Waals surface area (Å²) >= 11 is 0. The molecule has 0 amide bonds. The first kappa shape index (κ1) is 25.3. The van der Waals surface area contributed by atoms with Crippen LogP contribution in [0.15, 0.2) is 48.7 Å².